The molecule has 150 valence electrons. The highest BCUT2D eigenvalue weighted by Gasteiger charge is 2.16. The number of thioether (sulfide) groups is 1. The smallest absolute Gasteiger partial charge is 0.239 e. The molecule has 0 aliphatic carbocycles. The number of anilines is 1. The van der Waals surface area contributed by atoms with Gasteiger partial charge in [0.25, 0.3) is 0 Å². The Kier molecular flexibility index (Phi) is 7.30. The molecule has 1 heterocycles. The topological polar surface area (TPSA) is 71.1 Å². The molecular weight excluding hydrogens is 426 g/mol. The number of nitrogens with zero attached hydrogens (tertiary/aromatic N) is 1. The van der Waals surface area contributed by atoms with E-state index in [4.69, 9.17) is 11.6 Å². The van der Waals surface area contributed by atoms with Crippen LogP contribution >= 0.6 is 34.7 Å². The fourth-order valence-electron chi connectivity index (χ4n) is 2.46. The summed E-state index contributed by atoms with van der Waals surface area (Å²) in [7, 11) is 0. The summed E-state index contributed by atoms with van der Waals surface area (Å²) in [6.07, 6.45) is 0. The standard InChI is InChI=1S/C21H20ClN3O2S2/c1-13(29-18-9-7-17(22)8-10-18)20(27)25-21-24-19(12-28-21)16-5-3-15(4-6-16)11-23-14(2)26/h3-10,12-13H,11H2,1-2H3,(H,23,26)(H,24,25,27). The van der Waals surface area contributed by atoms with E-state index in [2.05, 4.69) is 15.6 Å². The zero-order valence-corrected chi connectivity index (χ0v) is 18.3. The van der Waals surface area contributed by atoms with Gasteiger partial charge in [-0.2, -0.15) is 0 Å². The van der Waals surface area contributed by atoms with Crippen LogP contribution in [0.5, 0.6) is 0 Å². The molecule has 29 heavy (non-hydrogen) atoms. The Morgan fingerprint density at radius 3 is 2.48 bits per heavy atom. The second-order valence-electron chi connectivity index (χ2n) is 6.35. The van der Waals surface area contributed by atoms with Crippen molar-refractivity contribution in [3.8, 4) is 11.3 Å². The van der Waals surface area contributed by atoms with Crippen molar-refractivity contribution in [2.45, 2.75) is 30.5 Å². The molecule has 2 N–H and O–H groups in total. The van der Waals surface area contributed by atoms with Crippen molar-refractivity contribution >= 4 is 51.6 Å². The summed E-state index contributed by atoms with van der Waals surface area (Å²) >= 11 is 8.75. The predicted octanol–water partition coefficient (Wildman–Crippen LogP) is 5.22. The highest BCUT2D eigenvalue weighted by molar-refractivity contribution is 8.00. The number of halogens is 1. The predicted molar refractivity (Wildman–Crippen MR) is 120 cm³/mol. The maximum atomic E-state index is 12.5. The Hall–Kier alpha value is -2.35. The molecule has 0 bridgehead atoms. The highest BCUT2D eigenvalue weighted by Crippen LogP contribution is 2.28. The largest absolute Gasteiger partial charge is 0.352 e. The van der Waals surface area contributed by atoms with E-state index in [9.17, 15) is 9.59 Å². The van der Waals surface area contributed by atoms with Crippen molar-refractivity contribution in [2.24, 2.45) is 0 Å². The fourth-order valence-corrected chi connectivity index (χ4v) is 4.18. The van der Waals surface area contributed by atoms with E-state index < -0.39 is 0 Å². The van der Waals surface area contributed by atoms with Crippen molar-refractivity contribution in [3.05, 3.63) is 64.5 Å². The average molecular weight is 446 g/mol. The molecule has 0 radical (unpaired) electrons. The molecule has 1 unspecified atom stereocenters. The first-order valence-corrected chi connectivity index (χ1v) is 11.1. The van der Waals surface area contributed by atoms with E-state index in [1.54, 1.807) is 0 Å². The molecule has 0 aliphatic rings. The van der Waals surface area contributed by atoms with Crippen LogP contribution in [-0.2, 0) is 16.1 Å². The quantitative estimate of drug-likeness (QED) is 0.489. The Labute approximate surface area is 182 Å². The third-order valence-electron chi connectivity index (χ3n) is 4.02. The summed E-state index contributed by atoms with van der Waals surface area (Å²) < 4.78 is 0. The number of benzene rings is 2. The van der Waals surface area contributed by atoms with Crippen LogP contribution in [0.15, 0.2) is 58.8 Å². The average Bonchev–Trinajstić information content (AvgIpc) is 3.17. The molecule has 0 saturated heterocycles. The van der Waals surface area contributed by atoms with Gasteiger partial charge in [-0.25, -0.2) is 4.98 Å². The molecule has 0 fully saturated rings. The number of aromatic nitrogens is 1. The van der Waals surface area contributed by atoms with Gasteiger partial charge in [0.1, 0.15) is 0 Å². The summed E-state index contributed by atoms with van der Waals surface area (Å²) in [6, 6.07) is 15.2. The Bertz CT molecular complexity index is 988. The zero-order valence-electron chi connectivity index (χ0n) is 15.9. The Morgan fingerprint density at radius 2 is 1.83 bits per heavy atom. The molecule has 8 heteroatoms. The first-order chi connectivity index (χ1) is 13.9. The first-order valence-electron chi connectivity index (χ1n) is 8.93. The number of amides is 2. The van der Waals surface area contributed by atoms with Gasteiger partial charge in [-0.05, 0) is 36.8 Å². The van der Waals surface area contributed by atoms with Crippen LogP contribution in [0.4, 0.5) is 5.13 Å². The minimum Gasteiger partial charge on any atom is -0.352 e. The van der Waals surface area contributed by atoms with Gasteiger partial charge in [0.05, 0.1) is 10.9 Å². The van der Waals surface area contributed by atoms with Gasteiger partial charge in [0.15, 0.2) is 5.13 Å². The van der Waals surface area contributed by atoms with Crippen molar-refractivity contribution in [1.82, 2.24) is 10.3 Å². The lowest BCUT2D eigenvalue weighted by Crippen LogP contribution is -2.22. The minimum atomic E-state index is -0.267. The molecule has 0 saturated carbocycles. The summed E-state index contributed by atoms with van der Waals surface area (Å²) in [5, 5.41) is 8.53. The molecule has 3 rings (SSSR count). The van der Waals surface area contributed by atoms with Crippen molar-refractivity contribution in [1.29, 1.82) is 0 Å². The molecule has 0 aliphatic heterocycles. The van der Waals surface area contributed by atoms with Gasteiger partial charge in [0, 0.05) is 34.3 Å². The number of rotatable bonds is 7. The molecule has 2 aromatic carbocycles. The summed E-state index contributed by atoms with van der Waals surface area (Å²) in [5.41, 5.74) is 2.77. The SMILES string of the molecule is CC(=O)NCc1ccc(-c2csc(NC(=O)C(C)Sc3ccc(Cl)cc3)n2)cc1. The molecule has 5 nitrogen and oxygen atoms in total. The van der Waals surface area contributed by atoms with E-state index in [1.165, 1.54) is 30.0 Å². The highest BCUT2D eigenvalue weighted by atomic mass is 35.5. The lowest BCUT2D eigenvalue weighted by atomic mass is 10.1. The third kappa shape index (κ3) is 6.32. The molecule has 3 aromatic rings. The monoisotopic (exact) mass is 445 g/mol. The van der Waals surface area contributed by atoms with Gasteiger partial charge in [-0.1, -0.05) is 35.9 Å². The van der Waals surface area contributed by atoms with Crippen molar-refractivity contribution in [3.63, 3.8) is 0 Å². The summed E-state index contributed by atoms with van der Waals surface area (Å²) in [4.78, 5) is 29.0. The van der Waals surface area contributed by atoms with E-state index in [1.807, 2.05) is 60.8 Å². The number of hydrogen-bond donors (Lipinski definition) is 2. The van der Waals surface area contributed by atoms with Crippen molar-refractivity contribution < 1.29 is 9.59 Å². The van der Waals surface area contributed by atoms with Gasteiger partial charge < -0.3 is 10.6 Å². The van der Waals surface area contributed by atoms with Crippen LogP contribution in [0.25, 0.3) is 11.3 Å². The number of thiazole rings is 1. The second-order valence-corrected chi connectivity index (χ2v) is 9.06. The van der Waals surface area contributed by atoms with Crippen LogP contribution in [-0.4, -0.2) is 22.0 Å². The summed E-state index contributed by atoms with van der Waals surface area (Å²) in [6.45, 7) is 3.85. The molecule has 0 spiro atoms. The number of hydrogen-bond acceptors (Lipinski definition) is 5. The molecule has 1 aromatic heterocycles. The lowest BCUT2D eigenvalue weighted by Gasteiger charge is -2.10. The number of carbonyl (C=O) groups excluding carboxylic acids is 2. The van der Waals surface area contributed by atoms with E-state index in [0.717, 1.165) is 21.7 Å². The van der Waals surface area contributed by atoms with Gasteiger partial charge in [-0.15, -0.1) is 23.1 Å². The minimum absolute atomic E-state index is 0.0579. The third-order valence-corrected chi connectivity index (χ3v) is 6.14. The van der Waals surface area contributed by atoms with Gasteiger partial charge in [0.2, 0.25) is 11.8 Å². The van der Waals surface area contributed by atoms with E-state index >= 15 is 0 Å². The van der Waals surface area contributed by atoms with Gasteiger partial charge in [-0.3, -0.25) is 9.59 Å². The molecule has 1 atom stereocenters. The molecule has 2 amide bonds. The fraction of sp³-hybridized carbons (Fsp3) is 0.190. The second kappa shape index (κ2) is 9.91. The lowest BCUT2D eigenvalue weighted by molar-refractivity contribution is -0.119. The van der Waals surface area contributed by atoms with E-state index in [-0.39, 0.29) is 17.1 Å². The first kappa shape index (κ1) is 21.4. The van der Waals surface area contributed by atoms with Crippen LogP contribution in [0.3, 0.4) is 0 Å². The van der Waals surface area contributed by atoms with Crippen LogP contribution in [0, 0.1) is 0 Å². The summed E-state index contributed by atoms with van der Waals surface area (Å²) in [5.74, 6) is -0.158. The molecular formula is C21H20ClN3O2S2. The van der Waals surface area contributed by atoms with Gasteiger partial charge >= 0.3 is 0 Å². The Morgan fingerprint density at radius 1 is 1.14 bits per heavy atom. The number of carbonyl (C=O) groups is 2. The number of nitrogens with one attached hydrogen (secondary N) is 2. The van der Waals surface area contributed by atoms with Crippen LogP contribution < -0.4 is 10.6 Å². The van der Waals surface area contributed by atoms with E-state index in [0.29, 0.717) is 16.7 Å². The maximum Gasteiger partial charge on any atom is 0.239 e. The maximum absolute atomic E-state index is 12.5. The van der Waals surface area contributed by atoms with Crippen LogP contribution in [0.1, 0.15) is 19.4 Å². The zero-order chi connectivity index (χ0) is 20.8. The van der Waals surface area contributed by atoms with Crippen LogP contribution in [0.2, 0.25) is 5.02 Å². The van der Waals surface area contributed by atoms with Crippen molar-refractivity contribution in [2.75, 3.05) is 5.32 Å². The Balaban J connectivity index is 1.58. The normalized spacial score (nSPS) is 11.7.